The molecule has 0 saturated carbocycles. The van der Waals surface area contributed by atoms with E-state index in [2.05, 4.69) is 34.3 Å². The van der Waals surface area contributed by atoms with Gasteiger partial charge >= 0.3 is 0 Å². The van der Waals surface area contributed by atoms with Crippen LogP contribution in [0.3, 0.4) is 0 Å². The zero-order chi connectivity index (χ0) is 12.5. The molecule has 2 unspecified atom stereocenters. The summed E-state index contributed by atoms with van der Waals surface area (Å²) in [7, 11) is 4.37. The average molecular weight is 252 g/mol. The Morgan fingerprint density at radius 3 is 2.11 bits per heavy atom. The Morgan fingerprint density at radius 2 is 1.56 bits per heavy atom. The largest absolute Gasteiger partial charge is 0.317 e. The predicted octanol–water partition coefficient (Wildman–Crippen LogP) is 0.754. The van der Waals surface area contributed by atoms with E-state index in [9.17, 15) is 0 Å². The number of likely N-dealkylation sites (N-methyl/N-ethyl adjacent to an activating group) is 1. The first-order chi connectivity index (χ1) is 8.78. The molecule has 0 aromatic carbocycles. The van der Waals surface area contributed by atoms with Crippen LogP contribution in [0.2, 0.25) is 0 Å². The molecule has 18 heavy (non-hydrogen) atoms. The van der Waals surface area contributed by atoms with Gasteiger partial charge in [0, 0.05) is 44.3 Å². The number of hydrogen-bond donors (Lipinski definition) is 1. The maximum atomic E-state index is 3.51. The van der Waals surface area contributed by atoms with Crippen molar-refractivity contribution in [3.8, 4) is 0 Å². The van der Waals surface area contributed by atoms with Gasteiger partial charge in [-0.3, -0.25) is 0 Å². The molecule has 2 bridgehead atoms. The first-order valence-electron chi connectivity index (χ1n) is 7.67. The molecule has 0 aliphatic carbocycles. The monoisotopic (exact) mass is 252 g/mol. The topological polar surface area (TPSA) is 21.8 Å². The molecule has 3 heterocycles. The van der Waals surface area contributed by atoms with Gasteiger partial charge < -0.3 is 10.2 Å². The van der Waals surface area contributed by atoms with Crippen LogP contribution in [0, 0.1) is 0 Å². The quantitative estimate of drug-likeness (QED) is 0.783. The lowest BCUT2D eigenvalue weighted by Crippen LogP contribution is -2.64. The first kappa shape index (κ1) is 12.9. The van der Waals surface area contributed by atoms with Gasteiger partial charge in [0.1, 0.15) is 0 Å². The van der Waals surface area contributed by atoms with E-state index in [4.69, 9.17) is 0 Å². The molecule has 0 aromatic heterocycles. The second kappa shape index (κ2) is 5.45. The van der Waals surface area contributed by atoms with Crippen molar-refractivity contribution in [2.75, 3.05) is 40.3 Å². The third-order valence-electron chi connectivity index (χ3n) is 5.15. The van der Waals surface area contributed by atoms with Gasteiger partial charge in [-0.05, 0) is 39.8 Å². The van der Waals surface area contributed by atoms with Gasteiger partial charge in [-0.25, -0.2) is 10.0 Å². The lowest BCUT2D eigenvalue weighted by Gasteiger charge is -2.54. The Labute approximate surface area is 111 Å². The normalized spacial score (nSPS) is 40.0. The Morgan fingerprint density at radius 1 is 0.944 bits per heavy atom. The fraction of sp³-hybridized carbons (Fsp3) is 1.00. The Balaban J connectivity index is 1.68. The Kier molecular flexibility index (Phi) is 3.89. The van der Waals surface area contributed by atoms with Gasteiger partial charge in [0.2, 0.25) is 0 Å². The van der Waals surface area contributed by atoms with E-state index in [-0.39, 0.29) is 0 Å². The summed E-state index contributed by atoms with van der Waals surface area (Å²) in [4.78, 5) is 2.45. The van der Waals surface area contributed by atoms with E-state index in [0.29, 0.717) is 0 Å². The minimum atomic E-state index is 0.754. The van der Waals surface area contributed by atoms with Crippen LogP contribution in [-0.2, 0) is 0 Å². The number of hydrogen-bond acceptors (Lipinski definition) is 4. The molecule has 3 aliphatic rings. The molecule has 0 radical (unpaired) electrons. The van der Waals surface area contributed by atoms with E-state index in [1.165, 1.54) is 58.3 Å². The molecule has 104 valence electrons. The highest BCUT2D eigenvalue weighted by Gasteiger charge is 2.41. The van der Waals surface area contributed by atoms with E-state index in [0.717, 1.165) is 18.1 Å². The zero-order valence-corrected chi connectivity index (χ0v) is 11.9. The maximum absolute atomic E-state index is 3.51. The minimum absolute atomic E-state index is 0.754. The molecule has 0 spiro atoms. The Bertz CT molecular complexity index is 258. The molecular weight excluding hydrogens is 224 g/mol. The average Bonchev–Trinajstić information content (AvgIpc) is 2.38. The molecule has 3 aliphatic heterocycles. The van der Waals surface area contributed by atoms with Gasteiger partial charge in [0.05, 0.1) is 0 Å². The van der Waals surface area contributed by atoms with Gasteiger partial charge in [0.15, 0.2) is 0 Å². The van der Waals surface area contributed by atoms with Crippen LogP contribution in [0.25, 0.3) is 0 Å². The maximum Gasteiger partial charge on any atom is 0.0263 e. The highest BCUT2D eigenvalue weighted by molar-refractivity contribution is 4.94. The van der Waals surface area contributed by atoms with Crippen molar-refractivity contribution in [3.63, 3.8) is 0 Å². The fourth-order valence-corrected chi connectivity index (χ4v) is 4.08. The smallest absolute Gasteiger partial charge is 0.0263 e. The molecule has 2 atom stereocenters. The van der Waals surface area contributed by atoms with Gasteiger partial charge in [0.25, 0.3) is 0 Å². The van der Waals surface area contributed by atoms with E-state index in [1.54, 1.807) is 0 Å². The lowest BCUT2D eigenvalue weighted by atomic mass is 9.83. The standard InChI is InChI=1S/C14H28N4/c1-15-12-10-13-4-3-5-14(11-12)18(13)17-8-6-16(2)7-9-17/h12-15H,3-11H2,1-2H3. The number of piperidine rings is 2. The summed E-state index contributed by atoms with van der Waals surface area (Å²) in [6.45, 7) is 4.91. The lowest BCUT2D eigenvalue weighted by molar-refractivity contribution is -0.152. The van der Waals surface area contributed by atoms with Crippen LogP contribution in [0.5, 0.6) is 0 Å². The molecule has 3 fully saturated rings. The highest BCUT2D eigenvalue weighted by Crippen LogP contribution is 2.35. The first-order valence-corrected chi connectivity index (χ1v) is 7.67. The second-order valence-corrected chi connectivity index (χ2v) is 6.33. The van der Waals surface area contributed by atoms with Gasteiger partial charge in [-0.2, -0.15) is 0 Å². The molecule has 3 saturated heterocycles. The van der Waals surface area contributed by atoms with E-state index in [1.807, 2.05) is 0 Å². The van der Waals surface area contributed by atoms with Crippen molar-refractivity contribution in [1.29, 1.82) is 0 Å². The SMILES string of the molecule is CNC1CC2CCCC(C1)N2N1CCN(C)CC1. The number of piperazine rings is 1. The molecule has 4 heteroatoms. The van der Waals surface area contributed by atoms with Gasteiger partial charge in [-0.1, -0.05) is 6.42 Å². The highest BCUT2D eigenvalue weighted by atomic mass is 15.7. The van der Waals surface area contributed by atoms with E-state index >= 15 is 0 Å². The van der Waals surface area contributed by atoms with Crippen LogP contribution < -0.4 is 5.32 Å². The van der Waals surface area contributed by atoms with Crippen LogP contribution in [0.4, 0.5) is 0 Å². The molecule has 0 aromatic rings. The van der Waals surface area contributed by atoms with Crippen LogP contribution in [0.15, 0.2) is 0 Å². The van der Waals surface area contributed by atoms with Crippen molar-refractivity contribution in [2.24, 2.45) is 0 Å². The third-order valence-corrected chi connectivity index (χ3v) is 5.15. The third kappa shape index (κ3) is 2.44. The van der Waals surface area contributed by atoms with Gasteiger partial charge in [-0.15, -0.1) is 0 Å². The number of fused-ring (bicyclic) bond motifs is 2. The second-order valence-electron chi connectivity index (χ2n) is 6.33. The molecule has 1 N–H and O–H groups in total. The molecule has 3 rings (SSSR count). The molecule has 0 amide bonds. The molecular formula is C14H28N4. The molecule has 4 nitrogen and oxygen atoms in total. The summed E-state index contributed by atoms with van der Waals surface area (Å²) in [6, 6.07) is 2.36. The summed E-state index contributed by atoms with van der Waals surface area (Å²) >= 11 is 0. The van der Waals surface area contributed by atoms with Crippen molar-refractivity contribution in [1.82, 2.24) is 20.2 Å². The summed E-state index contributed by atoms with van der Waals surface area (Å²) < 4.78 is 0. The number of rotatable bonds is 2. The van der Waals surface area contributed by atoms with Crippen molar-refractivity contribution < 1.29 is 0 Å². The summed E-state index contributed by atoms with van der Waals surface area (Å²) in [5.74, 6) is 0. The summed E-state index contributed by atoms with van der Waals surface area (Å²) in [6.07, 6.45) is 6.94. The van der Waals surface area contributed by atoms with Crippen LogP contribution >= 0.6 is 0 Å². The van der Waals surface area contributed by atoms with Crippen molar-refractivity contribution >= 4 is 0 Å². The zero-order valence-electron chi connectivity index (χ0n) is 11.9. The summed E-state index contributed by atoms with van der Waals surface area (Å²) in [5.41, 5.74) is 0. The van der Waals surface area contributed by atoms with Crippen molar-refractivity contribution in [2.45, 2.75) is 50.2 Å². The van der Waals surface area contributed by atoms with Crippen LogP contribution in [-0.4, -0.2) is 73.3 Å². The fourth-order valence-electron chi connectivity index (χ4n) is 4.08. The van der Waals surface area contributed by atoms with Crippen LogP contribution in [0.1, 0.15) is 32.1 Å². The number of hydrazine groups is 1. The summed E-state index contributed by atoms with van der Waals surface area (Å²) in [5, 5.41) is 8.96. The van der Waals surface area contributed by atoms with E-state index < -0.39 is 0 Å². The minimum Gasteiger partial charge on any atom is -0.317 e. The van der Waals surface area contributed by atoms with Crippen molar-refractivity contribution in [3.05, 3.63) is 0 Å². The number of nitrogens with one attached hydrogen (secondary N) is 1. The predicted molar refractivity (Wildman–Crippen MR) is 74.4 cm³/mol. The number of nitrogens with zero attached hydrogens (tertiary/aromatic N) is 3. The Hall–Kier alpha value is -0.160.